The maximum atomic E-state index is 14.0. The highest BCUT2D eigenvalue weighted by molar-refractivity contribution is 5.54. The molecule has 2 aromatic carbocycles. The number of benzene rings is 2. The molecule has 0 spiro atoms. The van der Waals surface area contributed by atoms with Crippen LogP contribution in [0.15, 0.2) is 24.3 Å². The molecule has 0 unspecified atom stereocenters. The fourth-order valence-electron chi connectivity index (χ4n) is 2.00. The van der Waals surface area contributed by atoms with Crippen LogP contribution in [0.3, 0.4) is 0 Å². The van der Waals surface area contributed by atoms with E-state index >= 15 is 0 Å². The average Bonchev–Trinajstić information content (AvgIpc) is 2.54. The summed E-state index contributed by atoms with van der Waals surface area (Å²) in [6, 6.07) is 4.56. The molecule has 2 nitrogen and oxygen atoms in total. The Balaban J connectivity index is 2.58. The summed E-state index contributed by atoms with van der Waals surface area (Å²) in [4.78, 5) is 0. The Labute approximate surface area is 131 Å². The van der Waals surface area contributed by atoms with Gasteiger partial charge in [0, 0.05) is 0 Å². The van der Waals surface area contributed by atoms with Gasteiger partial charge in [0.05, 0.1) is 12.7 Å². The lowest BCUT2D eigenvalue weighted by atomic mass is 10.1. The van der Waals surface area contributed by atoms with Gasteiger partial charge < -0.3 is 9.47 Å². The van der Waals surface area contributed by atoms with Gasteiger partial charge in [-0.3, -0.25) is 0 Å². The highest BCUT2D eigenvalue weighted by Gasteiger charge is 2.26. The van der Waals surface area contributed by atoms with Crippen molar-refractivity contribution in [2.75, 3.05) is 7.11 Å². The third kappa shape index (κ3) is 3.16. The van der Waals surface area contributed by atoms with Gasteiger partial charge in [0.2, 0.25) is 17.4 Å². The van der Waals surface area contributed by atoms with Crippen LogP contribution in [0.25, 0.3) is 6.08 Å². The van der Waals surface area contributed by atoms with Crippen molar-refractivity contribution in [1.82, 2.24) is 0 Å². The molecule has 0 atom stereocenters. The molecule has 0 radical (unpaired) electrons. The quantitative estimate of drug-likeness (QED) is 0.554. The van der Waals surface area contributed by atoms with Crippen molar-refractivity contribution in [3.8, 4) is 17.2 Å². The van der Waals surface area contributed by atoms with Gasteiger partial charge in [-0.1, -0.05) is 18.2 Å². The number of aryl methyl sites for hydroxylation is 1. The molecule has 23 heavy (non-hydrogen) atoms. The maximum absolute atomic E-state index is 14.0. The van der Waals surface area contributed by atoms with E-state index in [0.717, 1.165) is 11.6 Å². The van der Waals surface area contributed by atoms with Crippen LogP contribution in [-0.4, -0.2) is 7.11 Å². The molecule has 0 aliphatic heterocycles. The molecule has 2 rings (SSSR count). The first-order chi connectivity index (χ1) is 10.9. The molecule has 0 aliphatic rings. The van der Waals surface area contributed by atoms with E-state index in [1.807, 2.05) is 0 Å². The van der Waals surface area contributed by atoms with Gasteiger partial charge in [0.1, 0.15) is 0 Å². The van der Waals surface area contributed by atoms with Crippen LogP contribution in [0.4, 0.5) is 17.6 Å². The van der Waals surface area contributed by atoms with Crippen LogP contribution in [-0.2, 0) is 0 Å². The molecule has 0 amide bonds. The van der Waals surface area contributed by atoms with Crippen LogP contribution < -0.4 is 9.47 Å². The Bertz CT molecular complexity index is 741. The van der Waals surface area contributed by atoms with Gasteiger partial charge in [0.15, 0.2) is 23.1 Å². The molecule has 2 aromatic rings. The van der Waals surface area contributed by atoms with Crippen molar-refractivity contribution in [2.45, 2.75) is 13.8 Å². The van der Waals surface area contributed by atoms with Crippen molar-refractivity contribution in [2.24, 2.45) is 0 Å². The van der Waals surface area contributed by atoms with E-state index in [4.69, 9.17) is 9.47 Å². The topological polar surface area (TPSA) is 18.5 Å². The van der Waals surface area contributed by atoms with Crippen LogP contribution in [0.5, 0.6) is 17.2 Å². The number of ether oxygens (including phenoxy) is 2. The molecule has 0 aromatic heterocycles. The fourth-order valence-corrected chi connectivity index (χ4v) is 2.00. The second-order valence-corrected chi connectivity index (χ2v) is 4.76. The summed E-state index contributed by atoms with van der Waals surface area (Å²) in [5, 5.41) is 0. The van der Waals surface area contributed by atoms with Gasteiger partial charge in [0.25, 0.3) is 0 Å². The minimum atomic E-state index is -1.61. The molecule has 122 valence electrons. The highest BCUT2D eigenvalue weighted by Crippen LogP contribution is 2.37. The standard InChI is InChI=1S/C17H14F4O2/c1-4-5-10-13(18)15(20)17(16(21)14(10)19)23-11-7-6-9(2)8-12(11)22-3/h4-8H,1-3H3/b5-4+. The first-order valence-corrected chi connectivity index (χ1v) is 6.71. The second kappa shape index (κ2) is 6.73. The largest absolute Gasteiger partial charge is 0.493 e. The summed E-state index contributed by atoms with van der Waals surface area (Å²) >= 11 is 0. The lowest BCUT2D eigenvalue weighted by molar-refractivity contribution is 0.341. The third-order valence-corrected chi connectivity index (χ3v) is 3.12. The van der Waals surface area contributed by atoms with Crippen molar-refractivity contribution in [3.63, 3.8) is 0 Å². The van der Waals surface area contributed by atoms with Gasteiger partial charge in [-0.2, -0.15) is 8.78 Å². The van der Waals surface area contributed by atoms with E-state index in [9.17, 15) is 17.6 Å². The van der Waals surface area contributed by atoms with E-state index in [1.54, 1.807) is 19.1 Å². The third-order valence-electron chi connectivity index (χ3n) is 3.12. The summed E-state index contributed by atoms with van der Waals surface area (Å²) in [5.74, 6) is -7.31. The summed E-state index contributed by atoms with van der Waals surface area (Å²) in [6.45, 7) is 3.24. The molecular formula is C17H14F4O2. The number of methoxy groups -OCH3 is 1. The first kappa shape index (κ1) is 16.9. The van der Waals surface area contributed by atoms with Gasteiger partial charge in [-0.05, 0) is 31.5 Å². The van der Waals surface area contributed by atoms with E-state index in [-0.39, 0.29) is 11.5 Å². The average molecular weight is 326 g/mol. The molecule has 0 bridgehead atoms. The zero-order valence-corrected chi connectivity index (χ0v) is 12.7. The normalized spacial score (nSPS) is 11.1. The molecule has 0 fully saturated rings. The van der Waals surface area contributed by atoms with Gasteiger partial charge >= 0.3 is 0 Å². The zero-order valence-electron chi connectivity index (χ0n) is 12.7. The summed E-state index contributed by atoms with van der Waals surface area (Å²) in [7, 11) is 1.34. The van der Waals surface area contributed by atoms with Gasteiger partial charge in [-0.15, -0.1) is 0 Å². The van der Waals surface area contributed by atoms with Crippen LogP contribution in [0.2, 0.25) is 0 Å². The molecule has 0 saturated heterocycles. The molecule has 0 aliphatic carbocycles. The van der Waals surface area contributed by atoms with Crippen LogP contribution in [0, 0.1) is 30.2 Å². The Hall–Kier alpha value is -2.50. The lowest BCUT2D eigenvalue weighted by Gasteiger charge is -2.14. The Morgan fingerprint density at radius 1 is 0.913 bits per heavy atom. The smallest absolute Gasteiger partial charge is 0.205 e. The minimum absolute atomic E-state index is 0.0616. The SMILES string of the molecule is C/C=C/c1c(F)c(F)c(Oc2ccc(C)cc2OC)c(F)c1F. The summed E-state index contributed by atoms with van der Waals surface area (Å²) in [6.07, 6.45) is 2.21. The molecular weight excluding hydrogens is 312 g/mol. The number of hydrogen-bond donors (Lipinski definition) is 0. The summed E-state index contributed by atoms with van der Waals surface area (Å²) in [5.41, 5.74) is 0.0154. The molecule has 6 heteroatoms. The number of allylic oxidation sites excluding steroid dienone is 1. The Morgan fingerprint density at radius 2 is 1.52 bits per heavy atom. The van der Waals surface area contributed by atoms with Crippen LogP contribution in [0.1, 0.15) is 18.1 Å². The monoisotopic (exact) mass is 326 g/mol. The predicted octanol–water partition coefficient (Wildman–Crippen LogP) is 5.39. The van der Waals surface area contributed by atoms with E-state index in [0.29, 0.717) is 0 Å². The first-order valence-electron chi connectivity index (χ1n) is 6.71. The fraction of sp³-hybridized carbons (Fsp3) is 0.176. The van der Waals surface area contributed by atoms with Gasteiger partial charge in [-0.25, -0.2) is 8.78 Å². The molecule has 0 heterocycles. The Kier molecular flexibility index (Phi) is 4.93. The minimum Gasteiger partial charge on any atom is -0.493 e. The Morgan fingerprint density at radius 3 is 2.04 bits per heavy atom. The van der Waals surface area contributed by atoms with E-state index < -0.39 is 34.6 Å². The van der Waals surface area contributed by atoms with E-state index in [1.165, 1.54) is 26.2 Å². The molecule has 0 N–H and O–H groups in total. The predicted molar refractivity (Wildman–Crippen MR) is 78.8 cm³/mol. The second-order valence-electron chi connectivity index (χ2n) is 4.76. The number of halogens is 4. The lowest BCUT2D eigenvalue weighted by Crippen LogP contribution is -2.04. The number of hydrogen-bond acceptors (Lipinski definition) is 2. The van der Waals surface area contributed by atoms with Crippen molar-refractivity contribution >= 4 is 6.08 Å². The van der Waals surface area contributed by atoms with Crippen molar-refractivity contribution in [1.29, 1.82) is 0 Å². The zero-order chi connectivity index (χ0) is 17.1. The summed E-state index contributed by atoms with van der Waals surface area (Å²) < 4.78 is 65.9. The van der Waals surface area contributed by atoms with Crippen molar-refractivity contribution in [3.05, 3.63) is 58.7 Å². The van der Waals surface area contributed by atoms with Crippen molar-refractivity contribution < 1.29 is 27.0 Å². The number of rotatable bonds is 4. The van der Waals surface area contributed by atoms with E-state index in [2.05, 4.69) is 0 Å². The van der Waals surface area contributed by atoms with Crippen LogP contribution >= 0.6 is 0 Å². The molecule has 0 saturated carbocycles. The maximum Gasteiger partial charge on any atom is 0.205 e. The highest BCUT2D eigenvalue weighted by atomic mass is 19.2.